The molecular weight excluding hydrogens is 411 g/mol. The fourth-order valence-corrected chi connectivity index (χ4v) is 3.72. The van der Waals surface area contributed by atoms with Gasteiger partial charge in [-0.1, -0.05) is 24.3 Å². The molecule has 0 saturated carbocycles. The Bertz CT molecular complexity index is 1230. The van der Waals surface area contributed by atoms with E-state index in [-0.39, 0.29) is 34.1 Å². The van der Waals surface area contributed by atoms with Crippen molar-refractivity contribution in [3.05, 3.63) is 66.6 Å². The number of hydrogen-bond acceptors (Lipinski definition) is 5. The van der Waals surface area contributed by atoms with E-state index < -0.39 is 21.6 Å². The van der Waals surface area contributed by atoms with Crippen molar-refractivity contribution in [1.82, 2.24) is 9.78 Å². The average molecular weight is 430 g/mol. The smallest absolute Gasteiger partial charge is 0.354 e. The number of methoxy groups -OCH3 is 1. The second-order valence-corrected chi connectivity index (χ2v) is 8.51. The molecule has 156 valence electrons. The number of aromatic nitrogens is 2. The van der Waals surface area contributed by atoms with Crippen molar-refractivity contribution in [1.29, 1.82) is 0 Å². The van der Waals surface area contributed by atoms with Gasteiger partial charge in [0.2, 0.25) is 0 Å². The molecule has 0 spiro atoms. The van der Waals surface area contributed by atoms with Crippen molar-refractivity contribution < 1.29 is 27.4 Å². The van der Waals surface area contributed by atoms with Gasteiger partial charge in [-0.05, 0) is 29.8 Å². The van der Waals surface area contributed by atoms with Crippen LogP contribution in [0.15, 0.2) is 60.0 Å². The maximum atomic E-state index is 14.4. The number of carbonyl (C=O) groups is 1. The van der Waals surface area contributed by atoms with Crippen LogP contribution in [0.1, 0.15) is 10.5 Å². The second kappa shape index (κ2) is 8.11. The first-order valence-electron chi connectivity index (χ1n) is 8.76. The zero-order valence-corrected chi connectivity index (χ0v) is 17.1. The molecule has 1 aromatic heterocycles. The summed E-state index contributed by atoms with van der Waals surface area (Å²) in [6, 6.07) is 10.0. The fraction of sp³-hybridized carbons (Fsp3) is 0.143. The zero-order chi connectivity index (χ0) is 22.1. The highest BCUT2D eigenvalue weighted by Crippen LogP contribution is 2.36. The van der Waals surface area contributed by atoms with E-state index in [2.05, 4.69) is 11.7 Å². The summed E-state index contributed by atoms with van der Waals surface area (Å²) in [6.45, 7) is 3.74. The molecule has 0 amide bonds. The molecule has 7 nitrogen and oxygen atoms in total. The lowest BCUT2D eigenvalue weighted by Gasteiger charge is -2.08. The number of rotatable bonds is 7. The van der Waals surface area contributed by atoms with E-state index in [9.17, 15) is 22.7 Å². The topological polar surface area (TPSA) is 98.5 Å². The molecule has 0 radical (unpaired) electrons. The maximum absolute atomic E-state index is 14.4. The van der Waals surface area contributed by atoms with Crippen molar-refractivity contribution in [2.24, 2.45) is 0 Å². The molecule has 1 heterocycles. The first-order valence-corrected chi connectivity index (χ1v) is 10.7. The van der Waals surface area contributed by atoms with Gasteiger partial charge in [-0.25, -0.2) is 17.6 Å². The van der Waals surface area contributed by atoms with Crippen LogP contribution < -0.4 is 4.74 Å². The standard InChI is InChI=1S/C21H19FN2O5S/c1-4-11-24-20(21(25)26)18(14-7-10-17(29-2)16(22)12-14)19(23-24)13-5-8-15(9-6-13)30(3,27)28/h4-10,12H,1,11H2,2-3H3,(H,25,26). The molecule has 9 heteroatoms. The molecular formula is C21H19FN2O5S. The van der Waals surface area contributed by atoms with Gasteiger partial charge in [0.15, 0.2) is 27.1 Å². The van der Waals surface area contributed by atoms with E-state index in [1.807, 2.05) is 0 Å². The predicted octanol–water partition coefficient (Wildman–Crippen LogP) is 3.65. The summed E-state index contributed by atoms with van der Waals surface area (Å²) in [6.07, 6.45) is 2.59. The molecule has 0 bridgehead atoms. The molecule has 0 atom stereocenters. The minimum absolute atomic E-state index is 0.0214. The Morgan fingerprint density at radius 2 is 1.87 bits per heavy atom. The van der Waals surface area contributed by atoms with Crippen LogP contribution in [-0.2, 0) is 16.4 Å². The number of carboxylic acids is 1. The summed E-state index contributed by atoms with van der Waals surface area (Å²) < 4.78 is 44.0. The van der Waals surface area contributed by atoms with E-state index >= 15 is 0 Å². The Hall–Kier alpha value is -3.46. The zero-order valence-electron chi connectivity index (χ0n) is 16.3. The normalized spacial score (nSPS) is 11.3. The molecule has 0 aliphatic heterocycles. The quantitative estimate of drug-likeness (QED) is 0.575. The van der Waals surface area contributed by atoms with Gasteiger partial charge in [-0.3, -0.25) is 4.68 Å². The highest BCUT2D eigenvalue weighted by molar-refractivity contribution is 7.90. The van der Waals surface area contributed by atoms with Crippen LogP contribution in [0.4, 0.5) is 4.39 Å². The number of ether oxygens (including phenoxy) is 1. The summed E-state index contributed by atoms with van der Waals surface area (Å²) in [4.78, 5) is 12.2. The third kappa shape index (κ3) is 3.97. The minimum atomic E-state index is -3.40. The lowest BCUT2D eigenvalue weighted by molar-refractivity contribution is 0.0685. The van der Waals surface area contributed by atoms with E-state index in [0.29, 0.717) is 11.1 Å². The molecule has 0 saturated heterocycles. The number of nitrogens with zero attached hydrogens (tertiary/aromatic N) is 2. The van der Waals surface area contributed by atoms with Gasteiger partial charge in [0.1, 0.15) is 5.69 Å². The van der Waals surface area contributed by atoms with Gasteiger partial charge in [0, 0.05) is 17.4 Å². The van der Waals surface area contributed by atoms with Crippen LogP contribution >= 0.6 is 0 Å². The van der Waals surface area contributed by atoms with Crippen molar-refractivity contribution in [2.75, 3.05) is 13.4 Å². The van der Waals surface area contributed by atoms with E-state index in [0.717, 1.165) is 6.26 Å². The number of allylic oxidation sites excluding steroid dienone is 1. The predicted molar refractivity (Wildman–Crippen MR) is 110 cm³/mol. The SMILES string of the molecule is C=CCn1nc(-c2ccc(S(C)(=O)=O)cc2)c(-c2ccc(OC)c(F)c2)c1C(=O)O. The Morgan fingerprint density at radius 1 is 1.23 bits per heavy atom. The number of halogens is 1. The number of benzene rings is 2. The van der Waals surface area contributed by atoms with Crippen LogP contribution in [0.3, 0.4) is 0 Å². The third-order valence-electron chi connectivity index (χ3n) is 4.45. The summed E-state index contributed by atoms with van der Waals surface area (Å²) in [5.74, 6) is -1.87. The number of carboxylic acid groups (broad SMARTS) is 1. The van der Waals surface area contributed by atoms with Gasteiger partial charge < -0.3 is 9.84 Å². The molecule has 0 unspecified atom stereocenters. The summed E-state index contributed by atoms with van der Waals surface area (Å²) >= 11 is 0. The first kappa shape index (κ1) is 21.3. The van der Waals surface area contributed by atoms with Crippen molar-refractivity contribution >= 4 is 15.8 Å². The fourth-order valence-electron chi connectivity index (χ4n) is 3.09. The maximum Gasteiger partial charge on any atom is 0.354 e. The van der Waals surface area contributed by atoms with Crippen LogP contribution in [0.5, 0.6) is 5.75 Å². The molecule has 0 fully saturated rings. The van der Waals surface area contributed by atoms with Gasteiger partial charge in [0.25, 0.3) is 0 Å². The molecule has 0 aliphatic carbocycles. The summed E-state index contributed by atoms with van der Waals surface area (Å²) in [7, 11) is -2.07. The minimum Gasteiger partial charge on any atom is -0.494 e. The lowest BCUT2D eigenvalue weighted by atomic mass is 9.98. The molecule has 2 aromatic carbocycles. The van der Waals surface area contributed by atoms with Gasteiger partial charge in [-0.2, -0.15) is 5.10 Å². The highest BCUT2D eigenvalue weighted by Gasteiger charge is 2.26. The van der Waals surface area contributed by atoms with Crippen LogP contribution in [0.2, 0.25) is 0 Å². The Balaban J connectivity index is 2.29. The second-order valence-electron chi connectivity index (χ2n) is 6.49. The van der Waals surface area contributed by atoms with Crippen LogP contribution in [0.25, 0.3) is 22.4 Å². The van der Waals surface area contributed by atoms with Gasteiger partial charge in [0.05, 0.1) is 18.6 Å². The summed E-state index contributed by atoms with van der Waals surface area (Å²) in [5.41, 5.74) is 1.13. The van der Waals surface area contributed by atoms with Crippen LogP contribution in [0, 0.1) is 5.82 Å². The largest absolute Gasteiger partial charge is 0.494 e. The van der Waals surface area contributed by atoms with Gasteiger partial charge >= 0.3 is 5.97 Å². The number of sulfone groups is 1. The van der Waals surface area contributed by atoms with E-state index in [1.165, 1.54) is 60.3 Å². The Morgan fingerprint density at radius 3 is 2.37 bits per heavy atom. The van der Waals surface area contributed by atoms with E-state index in [1.54, 1.807) is 0 Å². The monoisotopic (exact) mass is 430 g/mol. The molecule has 30 heavy (non-hydrogen) atoms. The summed E-state index contributed by atoms with van der Waals surface area (Å²) in [5, 5.41) is 14.2. The Kier molecular flexibility index (Phi) is 5.75. The molecule has 3 rings (SSSR count). The van der Waals surface area contributed by atoms with Gasteiger partial charge in [-0.15, -0.1) is 6.58 Å². The molecule has 0 aliphatic rings. The third-order valence-corrected chi connectivity index (χ3v) is 5.58. The highest BCUT2D eigenvalue weighted by atomic mass is 32.2. The Labute approximate surface area is 173 Å². The average Bonchev–Trinajstić information content (AvgIpc) is 3.07. The molecule has 3 aromatic rings. The lowest BCUT2D eigenvalue weighted by Crippen LogP contribution is -2.10. The van der Waals surface area contributed by atoms with Crippen molar-refractivity contribution in [2.45, 2.75) is 11.4 Å². The number of aromatic carboxylic acids is 1. The van der Waals surface area contributed by atoms with Crippen molar-refractivity contribution in [3.63, 3.8) is 0 Å². The van der Waals surface area contributed by atoms with Crippen molar-refractivity contribution in [3.8, 4) is 28.1 Å². The first-order chi connectivity index (χ1) is 14.2. The van der Waals surface area contributed by atoms with E-state index in [4.69, 9.17) is 4.74 Å². The van der Waals surface area contributed by atoms with Crippen LogP contribution in [-0.4, -0.2) is 42.6 Å². The number of hydrogen-bond donors (Lipinski definition) is 1. The molecule has 1 N–H and O–H groups in total.